The molecule has 0 bridgehead atoms. The van der Waals surface area contributed by atoms with E-state index >= 15 is 0 Å². The molecule has 1 heterocycles. The summed E-state index contributed by atoms with van der Waals surface area (Å²) in [4.78, 5) is 25.9. The second-order valence-electron chi connectivity index (χ2n) is 8.02. The third kappa shape index (κ3) is 5.04. The highest BCUT2D eigenvalue weighted by Gasteiger charge is 2.26. The molecule has 1 aliphatic rings. The lowest BCUT2D eigenvalue weighted by Gasteiger charge is -2.23. The Morgan fingerprint density at radius 3 is 2.55 bits per heavy atom. The van der Waals surface area contributed by atoms with Crippen LogP contribution in [-0.2, 0) is 0 Å². The number of amides is 2. The predicted octanol–water partition coefficient (Wildman–Crippen LogP) is 6.41. The largest absolute Gasteiger partial charge is 0.360 e. The van der Waals surface area contributed by atoms with Gasteiger partial charge in [0.1, 0.15) is 22.8 Å². The molecule has 2 N–H and O–H groups in total. The fraction of sp³-hybridized carbons (Fsp3) is 0.292. The van der Waals surface area contributed by atoms with Crippen molar-refractivity contribution in [1.29, 1.82) is 0 Å². The van der Waals surface area contributed by atoms with Gasteiger partial charge in [0.05, 0.1) is 21.2 Å². The van der Waals surface area contributed by atoms with Crippen molar-refractivity contribution in [2.75, 3.05) is 5.32 Å². The highest BCUT2D eigenvalue weighted by molar-refractivity contribution is 6.34. The fourth-order valence-corrected chi connectivity index (χ4v) is 4.47. The molecule has 3 aromatic rings. The molecule has 1 aromatic heterocycles. The monoisotopic (exact) mass is 489 g/mol. The van der Waals surface area contributed by atoms with Gasteiger partial charge in [-0.15, -0.1) is 0 Å². The van der Waals surface area contributed by atoms with Crippen LogP contribution in [0.1, 0.15) is 58.6 Å². The van der Waals surface area contributed by atoms with Gasteiger partial charge in [-0.1, -0.05) is 53.7 Å². The van der Waals surface area contributed by atoms with Crippen LogP contribution in [0.25, 0.3) is 11.3 Å². The van der Waals surface area contributed by atoms with Gasteiger partial charge in [-0.2, -0.15) is 0 Å². The van der Waals surface area contributed by atoms with Crippen molar-refractivity contribution >= 4 is 40.7 Å². The Balaban J connectivity index is 1.58. The molecule has 0 atom stereocenters. The lowest BCUT2D eigenvalue weighted by Crippen LogP contribution is -2.36. The number of anilines is 1. The SMILES string of the molecule is Cc1onc(-c2c(F)cccc2Cl)c1C(=O)Nc1ccc(Cl)c(C(=O)NC2CCCCC2)c1. The Labute approximate surface area is 200 Å². The summed E-state index contributed by atoms with van der Waals surface area (Å²) in [5, 5.41) is 9.97. The molecule has 0 unspecified atom stereocenters. The number of nitrogens with zero attached hydrogens (tertiary/aromatic N) is 1. The van der Waals surface area contributed by atoms with E-state index in [2.05, 4.69) is 15.8 Å². The van der Waals surface area contributed by atoms with Gasteiger partial charge in [0, 0.05) is 11.7 Å². The third-order valence-corrected chi connectivity index (χ3v) is 6.34. The highest BCUT2D eigenvalue weighted by atomic mass is 35.5. The van der Waals surface area contributed by atoms with Crippen molar-refractivity contribution in [2.24, 2.45) is 0 Å². The highest BCUT2D eigenvalue weighted by Crippen LogP contribution is 2.34. The van der Waals surface area contributed by atoms with Gasteiger partial charge < -0.3 is 15.2 Å². The van der Waals surface area contributed by atoms with Gasteiger partial charge in [-0.05, 0) is 50.1 Å². The summed E-state index contributed by atoms with van der Waals surface area (Å²) in [5.74, 6) is -1.30. The second kappa shape index (κ2) is 9.93. The Morgan fingerprint density at radius 1 is 1.06 bits per heavy atom. The maximum Gasteiger partial charge on any atom is 0.261 e. The molecule has 0 saturated heterocycles. The number of aryl methyl sites for hydroxylation is 1. The zero-order chi connectivity index (χ0) is 23.5. The normalized spacial score (nSPS) is 14.2. The summed E-state index contributed by atoms with van der Waals surface area (Å²) in [6.07, 6.45) is 5.22. The average Bonchev–Trinajstić information content (AvgIpc) is 3.16. The van der Waals surface area contributed by atoms with E-state index in [0.29, 0.717) is 5.69 Å². The number of hydrogen-bond donors (Lipinski definition) is 2. The molecule has 6 nitrogen and oxygen atoms in total. The van der Waals surface area contributed by atoms with Gasteiger partial charge >= 0.3 is 0 Å². The molecule has 2 amide bonds. The number of carbonyl (C=O) groups is 2. The van der Waals surface area contributed by atoms with Crippen LogP contribution in [0.5, 0.6) is 0 Å². The number of halogens is 3. The van der Waals surface area contributed by atoms with Crippen LogP contribution in [0.4, 0.5) is 10.1 Å². The van der Waals surface area contributed by atoms with E-state index in [1.165, 1.54) is 30.7 Å². The molecule has 1 aliphatic carbocycles. The smallest absolute Gasteiger partial charge is 0.261 e. The van der Waals surface area contributed by atoms with E-state index in [0.717, 1.165) is 25.7 Å². The minimum Gasteiger partial charge on any atom is -0.360 e. The molecular weight excluding hydrogens is 468 g/mol. The molecule has 0 spiro atoms. The average molecular weight is 490 g/mol. The minimum absolute atomic E-state index is 0.00247. The number of rotatable bonds is 5. The van der Waals surface area contributed by atoms with Crippen molar-refractivity contribution in [3.05, 3.63) is 69.1 Å². The standard InChI is InChI=1S/C24H22Cl2FN3O3/c1-13-20(22(30-33-13)21-18(26)8-5-9-19(21)27)24(32)29-15-10-11-17(25)16(12-15)23(31)28-14-6-3-2-4-7-14/h5,8-12,14H,2-4,6-7H2,1H3,(H,28,31)(H,29,32). The van der Waals surface area contributed by atoms with Gasteiger partial charge in [-0.25, -0.2) is 4.39 Å². The van der Waals surface area contributed by atoms with E-state index in [1.807, 2.05) is 0 Å². The minimum atomic E-state index is -0.627. The molecule has 2 aromatic carbocycles. The number of benzene rings is 2. The van der Waals surface area contributed by atoms with Crippen LogP contribution < -0.4 is 10.6 Å². The molecule has 0 radical (unpaired) electrons. The van der Waals surface area contributed by atoms with Crippen LogP contribution in [-0.4, -0.2) is 23.0 Å². The van der Waals surface area contributed by atoms with E-state index in [1.54, 1.807) is 19.1 Å². The van der Waals surface area contributed by atoms with Crippen LogP contribution >= 0.6 is 23.2 Å². The van der Waals surface area contributed by atoms with Crippen molar-refractivity contribution in [1.82, 2.24) is 10.5 Å². The van der Waals surface area contributed by atoms with Crippen LogP contribution in [0, 0.1) is 12.7 Å². The summed E-state index contributed by atoms with van der Waals surface area (Å²) in [6.45, 7) is 1.55. The summed E-state index contributed by atoms with van der Waals surface area (Å²) < 4.78 is 19.6. The topological polar surface area (TPSA) is 84.2 Å². The first-order valence-electron chi connectivity index (χ1n) is 10.7. The lowest BCUT2D eigenvalue weighted by atomic mass is 9.95. The molecular formula is C24H22Cl2FN3O3. The predicted molar refractivity (Wildman–Crippen MR) is 125 cm³/mol. The lowest BCUT2D eigenvalue weighted by molar-refractivity contribution is 0.0926. The molecule has 4 rings (SSSR count). The third-order valence-electron chi connectivity index (χ3n) is 5.70. The zero-order valence-electron chi connectivity index (χ0n) is 17.9. The van der Waals surface area contributed by atoms with Gasteiger partial charge in [-0.3, -0.25) is 9.59 Å². The van der Waals surface area contributed by atoms with E-state index in [9.17, 15) is 14.0 Å². The van der Waals surface area contributed by atoms with Crippen molar-refractivity contribution in [3.63, 3.8) is 0 Å². The van der Waals surface area contributed by atoms with Gasteiger partial charge in [0.2, 0.25) is 0 Å². The number of carbonyl (C=O) groups excluding carboxylic acids is 2. The van der Waals surface area contributed by atoms with E-state index in [-0.39, 0.29) is 50.1 Å². The Bertz CT molecular complexity index is 1190. The van der Waals surface area contributed by atoms with Gasteiger partial charge in [0.15, 0.2) is 0 Å². The number of hydrogen-bond acceptors (Lipinski definition) is 4. The van der Waals surface area contributed by atoms with Gasteiger partial charge in [0.25, 0.3) is 11.8 Å². The van der Waals surface area contributed by atoms with Crippen molar-refractivity contribution < 1.29 is 18.5 Å². The quantitative estimate of drug-likeness (QED) is 0.433. The number of nitrogens with one attached hydrogen (secondary N) is 2. The van der Waals surface area contributed by atoms with Crippen LogP contribution in [0.2, 0.25) is 10.0 Å². The fourth-order valence-electron chi connectivity index (χ4n) is 4.01. The molecule has 1 fully saturated rings. The van der Waals surface area contributed by atoms with Crippen molar-refractivity contribution in [2.45, 2.75) is 45.1 Å². The van der Waals surface area contributed by atoms with Crippen LogP contribution in [0.15, 0.2) is 40.9 Å². The second-order valence-corrected chi connectivity index (χ2v) is 8.83. The Morgan fingerprint density at radius 2 is 1.82 bits per heavy atom. The summed E-state index contributed by atoms with van der Waals surface area (Å²) in [6, 6.07) is 8.94. The van der Waals surface area contributed by atoms with E-state index < -0.39 is 11.7 Å². The first kappa shape index (κ1) is 23.3. The summed E-state index contributed by atoms with van der Waals surface area (Å²) in [5.41, 5.74) is 0.635. The summed E-state index contributed by atoms with van der Waals surface area (Å²) in [7, 11) is 0. The van der Waals surface area contributed by atoms with Crippen LogP contribution in [0.3, 0.4) is 0 Å². The number of aromatic nitrogens is 1. The first-order valence-corrected chi connectivity index (χ1v) is 11.4. The molecule has 172 valence electrons. The first-order chi connectivity index (χ1) is 15.8. The summed E-state index contributed by atoms with van der Waals surface area (Å²) >= 11 is 12.4. The molecule has 9 heteroatoms. The maximum absolute atomic E-state index is 14.4. The molecule has 33 heavy (non-hydrogen) atoms. The Kier molecular flexibility index (Phi) is 7.00. The molecule has 0 aliphatic heterocycles. The Hall–Kier alpha value is -2.90. The van der Waals surface area contributed by atoms with Crippen molar-refractivity contribution in [3.8, 4) is 11.3 Å². The maximum atomic E-state index is 14.4. The zero-order valence-corrected chi connectivity index (χ0v) is 19.4. The van der Waals surface area contributed by atoms with E-state index in [4.69, 9.17) is 27.7 Å². The molecule has 1 saturated carbocycles.